The molecule has 1 aromatic heterocycles. The van der Waals surface area contributed by atoms with E-state index in [-0.39, 0.29) is 12.3 Å². The van der Waals surface area contributed by atoms with Gasteiger partial charge in [0.1, 0.15) is 0 Å². The number of thiazole rings is 1. The molecule has 0 radical (unpaired) electrons. The lowest BCUT2D eigenvalue weighted by Gasteiger charge is -2.13. The first-order valence-electron chi connectivity index (χ1n) is 6.92. The van der Waals surface area contributed by atoms with Crippen molar-refractivity contribution >= 4 is 28.9 Å². The minimum Gasteiger partial charge on any atom is -0.452 e. The van der Waals surface area contributed by atoms with Gasteiger partial charge in [-0.2, -0.15) is 0 Å². The van der Waals surface area contributed by atoms with Crippen LogP contribution in [0.15, 0.2) is 29.6 Å². The van der Waals surface area contributed by atoms with Crippen molar-refractivity contribution in [3.05, 3.63) is 45.9 Å². The summed E-state index contributed by atoms with van der Waals surface area (Å²) in [4.78, 5) is 28.0. The number of nitrogens with one attached hydrogen (secondary N) is 1. The average Bonchev–Trinajstić information content (AvgIpc) is 2.86. The van der Waals surface area contributed by atoms with E-state index in [0.717, 1.165) is 10.6 Å². The second kappa shape index (κ2) is 7.17. The number of carbonyl (C=O) groups excluding carboxylic acids is 2. The Morgan fingerprint density at radius 3 is 2.55 bits per heavy atom. The molecule has 1 unspecified atom stereocenters. The number of ether oxygens (including phenoxy) is 1. The summed E-state index contributed by atoms with van der Waals surface area (Å²) in [5.41, 5.74) is 2.45. The summed E-state index contributed by atoms with van der Waals surface area (Å²) in [6.45, 7) is 5.39. The molecule has 0 fully saturated rings. The van der Waals surface area contributed by atoms with Crippen LogP contribution in [0.5, 0.6) is 0 Å². The molecule has 22 heavy (non-hydrogen) atoms. The fraction of sp³-hybridized carbons (Fsp3) is 0.312. The van der Waals surface area contributed by atoms with Gasteiger partial charge in [0.2, 0.25) is 0 Å². The van der Waals surface area contributed by atoms with Gasteiger partial charge in [0.25, 0.3) is 5.91 Å². The molecule has 6 heteroatoms. The molecule has 1 atom stereocenters. The summed E-state index contributed by atoms with van der Waals surface area (Å²) in [5, 5.41) is 5.42. The molecule has 0 bridgehead atoms. The molecule has 2 aromatic rings. The van der Waals surface area contributed by atoms with Gasteiger partial charge in [-0.15, -0.1) is 11.3 Å². The van der Waals surface area contributed by atoms with E-state index in [1.54, 1.807) is 19.1 Å². The molecule has 0 spiro atoms. The lowest BCUT2D eigenvalue weighted by Crippen LogP contribution is -2.30. The minimum absolute atomic E-state index is 0.0759. The normalized spacial score (nSPS) is 11.8. The second-order valence-corrected chi connectivity index (χ2v) is 6.08. The SMILES string of the molecule is Cc1ccc(NC(=O)C(C)OC(=O)Cc2csc(C)n2)cc1. The van der Waals surface area contributed by atoms with Crippen molar-refractivity contribution in [1.82, 2.24) is 4.98 Å². The van der Waals surface area contributed by atoms with Crippen molar-refractivity contribution in [3.63, 3.8) is 0 Å². The predicted octanol–water partition coefficient (Wildman–Crippen LogP) is 2.87. The van der Waals surface area contributed by atoms with Crippen molar-refractivity contribution < 1.29 is 14.3 Å². The molecule has 116 valence electrons. The topological polar surface area (TPSA) is 68.3 Å². The maximum absolute atomic E-state index is 12.0. The molecule has 1 amide bonds. The van der Waals surface area contributed by atoms with E-state index in [2.05, 4.69) is 10.3 Å². The highest BCUT2D eigenvalue weighted by atomic mass is 32.1. The van der Waals surface area contributed by atoms with E-state index in [1.165, 1.54) is 11.3 Å². The van der Waals surface area contributed by atoms with Crippen LogP contribution in [0.25, 0.3) is 0 Å². The first-order valence-corrected chi connectivity index (χ1v) is 7.80. The molecule has 5 nitrogen and oxygen atoms in total. The molecule has 2 rings (SSSR count). The molecular weight excluding hydrogens is 300 g/mol. The highest BCUT2D eigenvalue weighted by molar-refractivity contribution is 7.09. The molecule has 0 aliphatic carbocycles. The Morgan fingerprint density at radius 1 is 1.27 bits per heavy atom. The highest BCUT2D eigenvalue weighted by Gasteiger charge is 2.18. The zero-order chi connectivity index (χ0) is 16.1. The number of carbonyl (C=O) groups is 2. The smallest absolute Gasteiger partial charge is 0.312 e. The summed E-state index contributed by atoms with van der Waals surface area (Å²) in [5.74, 6) is -0.816. The van der Waals surface area contributed by atoms with Crippen LogP contribution in [0.4, 0.5) is 5.69 Å². The molecular formula is C16H18N2O3S. The van der Waals surface area contributed by atoms with Crippen molar-refractivity contribution in [1.29, 1.82) is 0 Å². The number of nitrogens with zero attached hydrogens (tertiary/aromatic N) is 1. The zero-order valence-corrected chi connectivity index (χ0v) is 13.6. The van der Waals surface area contributed by atoms with Gasteiger partial charge >= 0.3 is 5.97 Å². The lowest BCUT2D eigenvalue weighted by atomic mass is 10.2. The number of benzene rings is 1. The predicted molar refractivity (Wildman–Crippen MR) is 85.9 cm³/mol. The third kappa shape index (κ3) is 4.66. The first-order chi connectivity index (χ1) is 10.4. The summed E-state index contributed by atoms with van der Waals surface area (Å²) < 4.78 is 5.13. The van der Waals surface area contributed by atoms with Crippen LogP contribution < -0.4 is 5.32 Å². The number of aromatic nitrogens is 1. The minimum atomic E-state index is -0.853. The molecule has 1 aromatic carbocycles. The molecule has 0 saturated carbocycles. The van der Waals surface area contributed by atoms with Gasteiger partial charge in [-0.3, -0.25) is 9.59 Å². The van der Waals surface area contributed by atoms with Gasteiger partial charge in [0.15, 0.2) is 6.10 Å². The second-order valence-electron chi connectivity index (χ2n) is 5.02. The monoisotopic (exact) mass is 318 g/mol. The van der Waals surface area contributed by atoms with Crippen LogP contribution in [0, 0.1) is 13.8 Å². The number of hydrogen-bond donors (Lipinski definition) is 1. The molecule has 0 aliphatic rings. The molecule has 1 heterocycles. The average molecular weight is 318 g/mol. The Kier molecular flexibility index (Phi) is 5.27. The molecule has 0 aliphatic heterocycles. The number of amides is 1. The van der Waals surface area contributed by atoms with Crippen molar-refractivity contribution in [2.24, 2.45) is 0 Å². The number of aryl methyl sites for hydroxylation is 2. The van der Waals surface area contributed by atoms with Gasteiger partial charge in [0.05, 0.1) is 17.1 Å². The summed E-state index contributed by atoms with van der Waals surface area (Å²) >= 11 is 1.48. The van der Waals surface area contributed by atoms with Crippen molar-refractivity contribution in [3.8, 4) is 0 Å². The maximum Gasteiger partial charge on any atom is 0.312 e. The van der Waals surface area contributed by atoms with E-state index < -0.39 is 12.1 Å². The van der Waals surface area contributed by atoms with E-state index in [4.69, 9.17) is 4.74 Å². The van der Waals surface area contributed by atoms with Crippen LogP contribution in [-0.4, -0.2) is 23.0 Å². The van der Waals surface area contributed by atoms with Crippen LogP contribution in [0.2, 0.25) is 0 Å². The largest absolute Gasteiger partial charge is 0.452 e. The third-order valence-corrected chi connectivity index (χ3v) is 3.81. The van der Waals surface area contributed by atoms with Crippen molar-refractivity contribution in [2.75, 3.05) is 5.32 Å². The van der Waals surface area contributed by atoms with E-state index in [1.807, 2.05) is 31.4 Å². The number of hydrogen-bond acceptors (Lipinski definition) is 5. The van der Waals surface area contributed by atoms with Gasteiger partial charge in [-0.05, 0) is 32.9 Å². The number of anilines is 1. The molecule has 1 N–H and O–H groups in total. The molecule has 0 saturated heterocycles. The first kappa shape index (κ1) is 16.2. The Bertz CT molecular complexity index is 664. The fourth-order valence-corrected chi connectivity index (χ4v) is 2.42. The van der Waals surface area contributed by atoms with Crippen molar-refractivity contribution in [2.45, 2.75) is 33.3 Å². The Labute approximate surface area is 133 Å². The zero-order valence-electron chi connectivity index (χ0n) is 12.8. The Hall–Kier alpha value is -2.21. The number of esters is 1. The van der Waals surface area contributed by atoms with E-state index >= 15 is 0 Å². The summed E-state index contributed by atoms with van der Waals surface area (Å²) in [6, 6.07) is 7.41. The van der Waals surface area contributed by atoms with Crippen LogP contribution in [0.3, 0.4) is 0 Å². The van der Waals surface area contributed by atoms with E-state index in [9.17, 15) is 9.59 Å². The quantitative estimate of drug-likeness (QED) is 0.861. The highest BCUT2D eigenvalue weighted by Crippen LogP contribution is 2.11. The van der Waals surface area contributed by atoms with Crippen LogP contribution in [0.1, 0.15) is 23.2 Å². The van der Waals surface area contributed by atoms with Gasteiger partial charge in [-0.1, -0.05) is 17.7 Å². The standard InChI is InChI=1S/C16H18N2O3S/c1-10-4-6-13(7-5-10)18-16(20)11(2)21-15(19)8-14-9-22-12(3)17-14/h4-7,9,11H,8H2,1-3H3,(H,18,20). The van der Waals surface area contributed by atoms with Gasteiger partial charge < -0.3 is 10.1 Å². The van der Waals surface area contributed by atoms with Gasteiger partial charge in [0, 0.05) is 11.1 Å². The Morgan fingerprint density at radius 2 is 1.95 bits per heavy atom. The fourth-order valence-electron chi connectivity index (χ4n) is 1.81. The summed E-state index contributed by atoms with van der Waals surface area (Å²) in [7, 11) is 0. The number of rotatable bonds is 5. The Balaban J connectivity index is 1.85. The van der Waals surface area contributed by atoms with Gasteiger partial charge in [-0.25, -0.2) is 4.98 Å². The maximum atomic E-state index is 12.0. The summed E-state index contributed by atoms with van der Waals surface area (Å²) in [6.07, 6.45) is -0.777. The third-order valence-electron chi connectivity index (χ3n) is 2.99. The van der Waals surface area contributed by atoms with Crippen LogP contribution >= 0.6 is 11.3 Å². The lowest BCUT2D eigenvalue weighted by molar-refractivity contribution is -0.152. The van der Waals surface area contributed by atoms with Crippen LogP contribution in [-0.2, 0) is 20.7 Å². The van der Waals surface area contributed by atoms with E-state index in [0.29, 0.717) is 11.4 Å².